The molecule has 0 aromatic heterocycles. The summed E-state index contributed by atoms with van der Waals surface area (Å²) in [7, 11) is 2.82. The first-order chi connectivity index (χ1) is 7.64. The van der Waals surface area contributed by atoms with Crippen molar-refractivity contribution in [3.05, 3.63) is 24.3 Å². The average molecular weight is 429 g/mol. The Morgan fingerprint density at radius 3 is 1.94 bits per heavy atom. The molecule has 1 rings (SSSR count). The van der Waals surface area contributed by atoms with Crippen molar-refractivity contribution < 1.29 is 15.0 Å². The van der Waals surface area contributed by atoms with Gasteiger partial charge in [0.2, 0.25) is 0 Å². The van der Waals surface area contributed by atoms with Gasteiger partial charge in [-0.2, -0.15) is 0 Å². The first-order valence-electron chi connectivity index (χ1n) is 5.14. The number of carbonyl (C=O) groups excluding carboxylic acids is 1. The molecule has 0 radical (unpaired) electrons. The number of carboxylic acid groups (broad SMARTS) is 1. The van der Waals surface area contributed by atoms with Gasteiger partial charge in [0.05, 0.1) is 0 Å². The van der Waals surface area contributed by atoms with Crippen LogP contribution in [0.5, 0.6) is 5.75 Å². The van der Waals surface area contributed by atoms with E-state index in [0.29, 0.717) is 5.75 Å². The van der Waals surface area contributed by atoms with E-state index in [1.54, 1.807) is 6.07 Å². The minimum Gasteiger partial charge on any atom is -0.107 e. The molecule has 1 N–H and O–H groups in total. The minimum atomic E-state index is -1.54. The summed E-state index contributed by atoms with van der Waals surface area (Å²) in [6.07, 6.45) is -1.16. The van der Waals surface area contributed by atoms with Gasteiger partial charge in [0.1, 0.15) is 6.09 Å². The quantitative estimate of drug-likeness (QED) is 0.543. The van der Waals surface area contributed by atoms with Crippen molar-refractivity contribution in [1.29, 1.82) is 0 Å². The molecule has 0 bridgehead atoms. The number of benzene rings is 1. The normalized spacial score (nSPS) is 9.61. The van der Waals surface area contributed by atoms with Gasteiger partial charge in [-0.05, 0) is 0 Å². The second-order valence-electron chi connectivity index (χ2n) is 4.69. The third-order valence-corrected chi connectivity index (χ3v) is 5.80. The molecule has 0 spiro atoms. The van der Waals surface area contributed by atoms with Crippen LogP contribution in [0.2, 0.25) is 17.1 Å². The van der Waals surface area contributed by atoms with Crippen LogP contribution in [-0.4, -0.2) is 43.7 Å². The van der Waals surface area contributed by atoms with E-state index >= 15 is 0 Å². The number of aromatic hydroxyl groups is 1. The Kier molecular flexibility index (Phi) is 9.56. The molecule has 0 unspecified atom stereocenters. The Bertz CT molecular complexity index is 378. The van der Waals surface area contributed by atoms with E-state index in [2.05, 4.69) is 23.2 Å². The van der Waals surface area contributed by atoms with Gasteiger partial charge in [-0.1, -0.05) is 0 Å². The molecule has 0 heterocycles. The van der Waals surface area contributed by atoms with E-state index in [-0.39, 0.29) is 24.0 Å². The van der Waals surface area contributed by atoms with E-state index in [1.807, 2.05) is 12.1 Å². The van der Waals surface area contributed by atoms with Crippen LogP contribution in [0.1, 0.15) is 0 Å². The van der Waals surface area contributed by atoms with Crippen LogP contribution >= 0.6 is 24.0 Å². The van der Waals surface area contributed by atoms with E-state index < -0.39 is 19.6 Å². The van der Waals surface area contributed by atoms with Crippen molar-refractivity contribution in [2.24, 2.45) is 0 Å². The minimum absolute atomic E-state index is 0. The number of carbonyl (C=O) groups is 1. The molecule has 4 nitrogen and oxygen atoms in total. The fourth-order valence-electron chi connectivity index (χ4n) is 0.910. The molecule has 0 fully saturated rings. The van der Waals surface area contributed by atoms with Gasteiger partial charge in [0.25, 0.3) is 0 Å². The fourth-order valence-corrected chi connectivity index (χ4v) is 3.12. The number of hydrogen-bond acceptors (Lipinski definition) is 3. The van der Waals surface area contributed by atoms with Gasteiger partial charge in [-0.15, -0.1) is 24.0 Å². The van der Waals surface area contributed by atoms with Gasteiger partial charge in [-0.25, -0.2) is 0 Å². The number of rotatable bonds is 1. The first kappa shape index (κ1) is 19.9. The second kappa shape index (κ2) is 8.64. The van der Waals surface area contributed by atoms with Crippen LogP contribution in [0.3, 0.4) is 0 Å². The molecule has 1 aromatic rings. The van der Waals surface area contributed by atoms with Crippen molar-refractivity contribution in [3.63, 3.8) is 0 Å². The third kappa shape index (κ3) is 8.64. The molecular formula is C12H21AsINO3. The second-order valence-corrected chi connectivity index (χ2v) is 14.2. The maximum Gasteiger partial charge on any atom is -0.107 e. The van der Waals surface area contributed by atoms with E-state index in [4.69, 9.17) is 0 Å². The maximum absolute atomic E-state index is 9.51. The Balaban J connectivity index is 0. The molecular weight excluding hydrogens is 408 g/mol. The van der Waals surface area contributed by atoms with E-state index in [9.17, 15) is 15.0 Å². The summed E-state index contributed by atoms with van der Waals surface area (Å²) in [6, 6.07) is 7.62. The molecule has 0 atom stereocenters. The van der Waals surface area contributed by atoms with Crippen molar-refractivity contribution in [2.45, 2.75) is 17.1 Å². The topological polar surface area (TPSA) is 63.6 Å². The predicted octanol–water partition coefficient (Wildman–Crippen LogP) is 1.45. The Morgan fingerprint density at radius 1 is 1.28 bits per heavy atom. The SMILES string of the molecule is CN(C)C(=O)[O-].C[As+](C)(C)c1cccc(O)c1.I. The van der Waals surface area contributed by atoms with Gasteiger partial charge in [0, 0.05) is 14.1 Å². The smallest absolute Gasteiger partial charge is 0.107 e. The van der Waals surface area contributed by atoms with Crippen LogP contribution in [0, 0.1) is 0 Å². The first-order valence-corrected chi connectivity index (χ1v) is 11.7. The monoisotopic (exact) mass is 429 g/mol. The standard InChI is InChI=1S/C9H13AsO.C3H7NO2.HI/c1-10(2,3)8-5-4-6-9(11)7-8;1-4(2)3(5)6;/h4-7H,1-3H3;1-2H3,(H,5,6);1H. The molecule has 1 aromatic carbocycles. The van der Waals surface area contributed by atoms with Crippen molar-refractivity contribution in [3.8, 4) is 5.75 Å². The molecule has 0 saturated heterocycles. The third-order valence-electron chi connectivity index (χ3n) is 1.97. The summed E-state index contributed by atoms with van der Waals surface area (Å²) in [4.78, 5) is 10.5. The average Bonchev–Trinajstić information content (AvgIpc) is 2.17. The number of amides is 1. The predicted molar refractivity (Wildman–Crippen MR) is 85.6 cm³/mol. The van der Waals surface area contributed by atoms with Gasteiger partial charge in [0.15, 0.2) is 0 Å². The molecule has 0 aliphatic rings. The molecule has 0 aliphatic heterocycles. The molecule has 0 saturated carbocycles. The molecule has 6 heteroatoms. The molecule has 18 heavy (non-hydrogen) atoms. The fraction of sp³-hybridized carbons (Fsp3) is 0.417. The van der Waals surface area contributed by atoms with Crippen LogP contribution < -0.4 is 9.46 Å². The summed E-state index contributed by atoms with van der Waals surface area (Å²) in [5.74, 6) is 0.388. The Hall–Kier alpha value is -0.422. The summed E-state index contributed by atoms with van der Waals surface area (Å²) < 4.78 is 1.34. The largest absolute Gasteiger partial charge is 0.107 e. The molecule has 0 aliphatic carbocycles. The maximum atomic E-state index is 9.51. The van der Waals surface area contributed by atoms with Crippen molar-refractivity contribution in [2.75, 3.05) is 14.1 Å². The van der Waals surface area contributed by atoms with E-state index in [1.165, 1.54) is 18.4 Å². The van der Waals surface area contributed by atoms with Gasteiger partial charge >= 0.3 is 70.2 Å². The zero-order valence-corrected chi connectivity index (χ0v) is 15.6. The summed E-state index contributed by atoms with van der Waals surface area (Å²) in [6.45, 7) is 0. The van der Waals surface area contributed by atoms with E-state index in [0.717, 1.165) is 4.90 Å². The molecule has 104 valence electrons. The van der Waals surface area contributed by atoms with Crippen molar-refractivity contribution in [1.82, 2.24) is 4.90 Å². The number of halogens is 1. The van der Waals surface area contributed by atoms with Crippen LogP contribution in [0.25, 0.3) is 0 Å². The number of nitrogens with zero attached hydrogens (tertiary/aromatic N) is 1. The van der Waals surface area contributed by atoms with Crippen LogP contribution in [0.4, 0.5) is 4.79 Å². The molecule has 1 amide bonds. The number of phenols is 1. The number of phenolic OH excluding ortho intramolecular Hbond substituents is 1. The Morgan fingerprint density at radius 2 is 1.72 bits per heavy atom. The summed E-state index contributed by atoms with van der Waals surface area (Å²) in [5, 5.41) is 18.7. The van der Waals surface area contributed by atoms with Gasteiger partial charge in [-0.3, -0.25) is 0 Å². The summed E-state index contributed by atoms with van der Waals surface area (Å²) >= 11 is -1.54. The van der Waals surface area contributed by atoms with Gasteiger partial charge < -0.3 is 14.8 Å². The number of hydrogen-bond donors (Lipinski definition) is 1. The Labute approximate surface area is 128 Å². The van der Waals surface area contributed by atoms with Crippen LogP contribution in [0.15, 0.2) is 24.3 Å². The summed E-state index contributed by atoms with van der Waals surface area (Å²) in [5.41, 5.74) is 6.90. The van der Waals surface area contributed by atoms with Crippen LogP contribution in [-0.2, 0) is 0 Å². The zero-order chi connectivity index (χ0) is 13.6. The zero-order valence-electron chi connectivity index (χ0n) is 11.4. The van der Waals surface area contributed by atoms with Crippen molar-refractivity contribution >= 4 is 48.0 Å².